The lowest BCUT2D eigenvalue weighted by atomic mass is 10.0. The third kappa shape index (κ3) is 3.48. The van der Waals surface area contributed by atoms with Crippen molar-refractivity contribution in [3.63, 3.8) is 0 Å². The molecule has 0 amide bonds. The molecule has 2 heterocycles. The van der Waals surface area contributed by atoms with E-state index in [1.54, 1.807) is 6.07 Å². The Bertz CT molecular complexity index is 618. The lowest BCUT2D eigenvalue weighted by molar-refractivity contribution is -0.280. The van der Waals surface area contributed by atoms with Crippen LogP contribution in [0, 0.1) is 5.82 Å². The zero-order chi connectivity index (χ0) is 15.6. The van der Waals surface area contributed by atoms with Gasteiger partial charge >= 0.3 is 0 Å². The van der Waals surface area contributed by atoms with E-state index >= 15 is 0 Å². The number of nitrogens with zero attached hydrogens (tertiary/aromatic N) is 1. The molecule has 0 aromatic heterocycles. The van der Waals surface area contributed by atoms with Crippen molar-refractivity contribution in [2.24, 2.45) is 0 Å². The summed E-state index contributed by atoms with van der Waals surface area (Å²) in [7, 11) is -3.45. The fourth-order valence-corrected chi connectivity index (χ4v) is 4.46. The Morgan fingerprint density at radius 2 is 1.86 bits per heavy atom. The van der Waals surface area contributed by atoms with Crippen LogP contribution in [0.15, 0.2) is 24.3 Å². The Balaban J connectivity index is 1.64. The van der Waals surface area contributed by atoms with Crippen LogP contribution in [-0.2, 0) is 25.2 Å². The Kier molecular flexibility index (Phi) is 4.49. The number of piperidine rings is 1. The highest BCUT2D eigenvalue weighted by Gasteiger charge is 2.41. The molecular weight excluding hydrogens is 309 g/mol. The number of hydrogen-bond donors (Lipinski definition) is 0. The van der Waals surface area contributed by atoms with Crippen molar-refractivity contribution in [3.05, 3.63) is 35.6 Å². The predicted octanol–water partition coefficient (Wildman–Crippen LogP) is 1.88. The number of benzene rings is 1. The van der Waals surface area contributed by atoms with E-state index in [-0.39, 0.29) is 5.75 Å². The summed E-state index contributed by atoms with van der Waals surface area (Å²) >= 11 is 0. The van der Waals surface area contributed by atoms with E-state index in [0.29, 0.717) is 44.7 Å². The second-order valence-electron chi connectivity index (χ2n) is 5.75. The zero-order valence-corrected chi connectivity index (χ0v) is 13.1. The quantitative estimate of drug-likeness (QED) is 0.850. The molecule has 0 aliphatic carbocycles. The first-order valence-corrected chi connectivity index (χ1v) is 9.10. The van der Waals surface area contributed by atoms with Crippen LogP contribution >= 0.6 is 0 Å². The number of halogens is 1. The van der Waals surface area contributed by atoms with Crippen molar-refractivity contribution in [1.29, 1.82) is 0 Å². The summed E-state index contributed by atoms with van der Waals surface area (Å²) in [5, 5.41) is 0. The lowest BCUT2D eigenvalue weighted by Crippen LogP contribution is -2.51. The molecule has 1 spiro atoms. The zero-order valence-electron chi connectivity index (χ0n) is 12.3. The number of ether oxygens (including phenoxy) is 2. The second-order valence-corrected chi connectivity index (χ2v) is 7.72. The molecule has 2 aliphatic heterocycles. The van der Waals surface area contributed by atoms with Gasteiger partial charge in [0.25, 0.3) is 0 Å². The van der Waals surface area contributed by atoms with E-state index in [0.717, 1.165) is 6.42 Å². The molecule has 1 aromatic carbocycles. The molecule has 2 saturated heterocycles. The number of hydrogen-bond acceptors (Lipinski definition) is 4. The Hall–Kier alpha value is -1.02. The molecule has 0 radical (unpaired) electrons. The maximum Gasteiger partial charge on any atom is 0.218 e. The molecule has 2 fully saturated rings. The van der Waals surface area contributed by atoms with Crippen molar-refractivity contribution < 1.29 is 22.3 Å². The van der Waals surface area contributed by atoms with E-state index in [1.165, 1.54) is 22.5 Å². The molecule has 0 atom stereocenters. The highest BCUT2D eigenvalue weighted by atomic mass is 32.2. The molecule has 5 nitrogen and oxygen atoms in total. The molecule has 0 bridgehead atoms. The Labute approximate surface area is 130 Å². The molecule has 0 unspecified atom stereocenters. The SMILES string of the molecule is O=S(=O)(Cc1cccc(F)c1)N1CCC2(CC1)OCCCO2. The van der Waals surface area contributed by atoms with Crippen molar-refractivity contribution in [2.75, 3.05) is 26.3 Å². The van der Waals surface area contributed by atoms with Crippen molar-refractivity contribution in [3.8, 4) is 0 Å². The van der Waals surface area contributed by atoms with Crippen LogP contribution < -0.4 is 0 Å². The van der Waals surface area contributed by atoms with Crippen LogP contribution in [0.25, 0.3) is 0 Å². The van der Waals surface area contributed by atoms with Crippen molar-refractivity contribution in [1.82, 2.24) is 4.31 Å². The van der Waals surface area contributed by atoms with Gasteiger partial charge in [0.15, 0.2) is 5.79 Å². The molecule has 7 heteroatoms. The number of sulfonamides is 1. The number of rotatable bonds is 3. The smallest absolute Gasteiger partial charge is 0.218 e. The van der Waals surface area contributed by atoms with Crippen LogP contribution in [0.4, 0.5) is 4.39 Å². The summed E-state index contributed by atoms with van der Waals surface area (Å²) in [6.07, 6.45) is 1.95. The molecule has 3 rings (SSSR count). The van der Waals surface area contributed by atoms with Crippen molar-refractivity contribution in [2.45, 2.75) is 30.8 Å². The fourth-order valence-electron chi connectivity index (χ4n) is 2.94. The standard InChI is InChI=1S/C15H20FNO4S/c16-14-4-1-3-13(11-14)12-22(18,19)17-7-5-15(6-8-17)20-9-2-10-21-15/h1,3-4,11H,2,5-10,12H2. The van der Waals surface area contributed by atoms with Gasteiger partial charge < -0.3 is 9.47 Å². The largest absolute Gasteiger partial charge is 0.350 e. The summed E-state index contributed by atoms with van der Waals surface area (Å²) in [5.41, 5.74) is 0.463. The normalized spacial score (nSPS) is 22.8. The van der Waals surface area contributed by atoms with Crippen LogP contribution in [-0.4, -0.2) is 44.8 Å². The van der Waals surface area contributed by atoms with Gasteiger partial charge in [0.2, 0.25) is 10.0 Å². The van der Waals surface area contributed by atoms with Gasteiger partial charge in [-0.2, -0.15) is 0 Å². The second kappa shape index (κ2) is 6.23. The molecule has 0 saturated carbocycles. The highest BCUT2D eigenvalue weighted by Crippen LogP contribution is 2.32. The molecule has 122 valence electrons. The fraction of sp³-hybridized carbons (Fsp3) is 0.600. The minimum absolute atomic E-state index is 0.181. The molecule has 2 aliphatic rings. The van der Waals surface area contributed by atoms with Gasteiger partial charge in [0, 0.05) is 25.9 Å². The van der Waals surface area contributed by atoms with Gasteiger partial charge in [-0.15, -0.1) is 0 Å². The van der Waals surface area contributed by atoms with E-state index in [2.05, 4.69) is 0 Å². The topological polar surface area (TPSA) is 55.8 Å². The minimum atomic E-state index is -3.45. The van der Waals surface area contributed by atoms with Gasteiger partial charge in [0.1, 0.15) is 5.82 Å². The van der Waals surface area contributed by atoms with Crippen molar-refractivity contribution >= 4 is 10.0 Å². The Morgan fingerprint density at radius 1 is 1.18 bits per heavy atom. The van der Waals surface area contributed by atoms with Gasteiger partial charge in [-0.3, -0.25) is 0 Å². The summed E-state index contributed by atoms with van der Waals surface area (Å²) in [6.45, 7) is 2.07. The summed E-state index contributed by atoms with van der Waals surface area (Å²) < 4.78 is 51.0. The van der Waals surface area contributed by atoms with E-state index in [9.17, 15) is 12.8 Å². The summed E-state index contributed by atoms with van der Waals surface area (Å²) in [4.78, 5) is 0. The summed E-state index contributed by atoms with van der Waals surface area (Å²) in [6, 6.07) is 5.71. The maximum atomic E-state index is 13.2. The van der Waals surface area contributed by atoms with E-state index < -0.39 is 21.6 Å². The van der Waals surface area contributed by atoms with Crippen LogP contribution in [0.1, 0.15) is 24.8 Å². The average Bonchev–Trinajstić information content (AvgIpc) is 2.48. The van der Waals surface area contributed by atoms with Crippen LogP contribution in [0.3, 0.4) is 0 Å². The maximum absolute atomic E-state index is 13.2. The van der Waals surface area contributed by atoms with E-state index in [4.69, 9.17) is 9.47 Å². The third-order valence-corrected chi connectivity index (χ3v) is 5.98. The van der Waals surface area contributed by atoms with Crippen LogP contribution in [0.5, 0.6) is 0 Å². The van der Waals surface area contributed by atoms with Crippen LogP contribution in [0.2, 0.25) is 0 Å². The van der Waals surface area contributed by atoms with Gasteiger partial charge in [0.05, 0.1) is 19.0 Å². The third-order valence-electron chi connectivity index (χ3n) is 4.13. The first-order chi connectivity index (χ1) is 10.5. The first kappa shape index (κ1) is 15.9. The first-order valence-electron chi connectivity index (χ1n) is 7.49. The summed E-state index contributed by atoms with van der Waals surface area (Å²) in [5.74, 6) is -1.21. The minimum Gasteiger partial charge on any atom is -0.350 e. The lowest BCUT2D eigenvalue weighted by Gasteiger charge is -2.42. The van der Waals surface area contributed by atoms with Gasteiger partial charge in [-0.05, 0) is 24.1 Å². The molecule has 22 heavy (non-hydrogen) atoms. The van der Waals surface area contributed by atoms with E-state index in [1.807, 2.05) is 0 Å². The molecule has 0 N–H and O–H groups in total. The Morgan fingerprint density at radius 3 is 2.50 bits per heavy atom. The molecular formula is C15H20FNO4S. The highest BCUT2D eigenvalue weighted by molar-refractivity contribution is 7.88. The predicted molar refractivity (Wildman–Crippen MR) is 79.1 cm³/mol. The van der Waals surface area contributed by atoms with Gasteiger partial charge in [-0.25, -0.2) is 17.1 Å². The molecule has 1 aromatic rings. The van der Waals surface area contributed by atoms with Gasteiger partial charge in [-0.1, -0.05) is 12.1 Å². The monoisotopic (exact) mass is 329 g/mol. The average molecular weight is 329 g/mol.